The van der Waals surface area contributed by atoms with Gasteiger partial charge in [-0.25, -0.2) is 0 Å². The van der Waals surface area contributed by atoms with E-state index in [1.54, 1.807) is 24.4 Å². The molecule has 4 amide bonds. The fourth-order valence-corrected chi connectivity index (χ4v) is 3.35. The third kappa shape index (κ3) is 2.95. The Bertz CT molecular complexity index is 957. The highest BCUT2D eigenvalue weighted by atomic mass is 16.2. The van der Waals surface area contributed by atoms with Crippen LogP contribution in [0.15, 0.2) is 42.6 Å². The van der Waals surface area contributed by atoms with E-state index < -0.39 is 29.7 Å². The molecule has 0 spiro atoms. The van der Waals surface area contributed by atoms with E-state index in [0.29, 0.717) is 12.2 Å². The number of nitrogens with zero attached hydrogens (tertiary/aromatic N) is 2. The van der Waals surface area contributed by atoms with E-state index in [9.17, 15) is 19.2 Å². The first kappa shape index (κ1) is 16.9. The number of pyridine rings is 1. The van der Waals surface area contributed by atoms with E-state index >= 15 is 0 Å². The molecule has 136 valence electrons. The van der Waals surface area contributed by atoms with E-state index in [4.69, 9.17) is 0 Å². The molecule has 0 aliphatic carbocycles. The lowest BCUT2D eigenvalue weighted by Crippen LogP contribution is -2.54. The van der Waals surface area contributed by atoms with Gasteiger partial charge in [0, 0.05) is 18.3 Å². The number of carbonyl (C=O) groups excluding carboxylic acids is 4. The molecule has 2 N–H and O–H groups in total. The predicted octanol–water partition coefficient (Wildman–Crippen LogP) is 1.09. The average molecular weight is 364 g/mol. The highest BCUT2D eigenvalue weighted by Crippen LogP contribution is 2.32. The van der Waals surface area contributed by atoms with Crippen LogP contribution in [0, 0.1) is 0 Å². The number of anilines is 1. The number of nitrogens with one attached hydrogen (secondary N) is 2. The molecule has 3 heterocycles. The van der Waals surface area contributed by atoms with Crippen LogP contribution in [0.1, 0.15) is 39.3 Å². The van der Waals surface area contributed by atoms with Crippen LogP contribution in [0.2, 0.25) is 0 Å². The second-order valence-corrected chi connectivity index (χ2v) is 6.35. The summed E-state index contributed by atoms with van der Waals surface area (Å²) in [5.41, 5.74) is 1.78. The topological polar surface area (TPSA) is 108 Å². The maximum absolute atomic E-state index is 13.0. The van der Waals surface area contributed by atoms with Crippen LogP contribution in [0.25, 0.3) is 0 Å². The van der Waals surface area contributed by atoms with Crippen LogP contribution >= 0.6 is 0 Å². The van der Waals surface area contributed by atoms with Crippen molar-refractivity contribution in [1.29, 1.82) is 0 Å². The lowest BCUT2D eigenvalue weighted by atomic mass is 10.0. The normalized spacial score (nSPS) is 19.1. The van der Waals surface area contributed by atoms with Gasteiger partial charge in [-0.15, -0.1) is 0 Å². The van der Waals surface area contributed by atoms with Gasteiger partial charge in [0.2, 0.25) is 11.8 Å². The molecule has 2 aliphatic rings. The van der Waals surface area contributed by atoms with Crippen LogP contribution in [0.5, 0.6) is 0 Å². The third-order valence-corrected chi connectivity index (χ3v) is 4.65. The molecule has 1 atom stereocenters. The molecule has 8 heteroatoms. The van der Waals surface area contributed by atoms with Crippen LogP contribution < -0.4 is 10.6 Å². The number of carbonyl (C=O) groups is 4. The lowest BCUT2D eigenvalue weighted by Gasteiger charge is -2.27. The van der Waals surface area contributed by atoms with Crippen molar-refractivity contribution >= 4 is 29.3 Å². The largest absolute Gasteiger partial charge is 0.379 e. The summed E-state index contributed by atoms with van der Waals surface area (Å²) < 4.78 is 0. The van der Waals surface area contributed by atoms with Gasteiger partial charge in [-0.1, -0.05) is 12.1 Å². The number of hydrogen-bond acceptors (Lipinski definition) is 6. The zero-order chi connectivity index (χ0) is 19.0. The number of fused-ring (bicyclic) bond motifs is 1. The summed E-state index contributed by atoms with van der Waals surface area (Å²) in [6.07, 6.45) is 1.90. The molecule has 1 aromatic heterocycles. The van der Waals surface area contributed by atoms with Gasteiger partial charge >= 0.3 is 0 Å². The molecular formula is C19H16N4O4. The van der Waals surface area contributed by atoms with Crippen molar-refractivity contribution in [3.63, 3.8) is 0 Å². The van der Waals surface area contributed by atoms with Gasteiger partial charge in [-0.05, 0) is 30.7 Å². The molecule has 0 saturated carbocycles. The van der Waals surface area contributed by atoms with Crippen molar-refractivity contribution < 1.29 is 19.2 Å². The molecule has 8 nitrogen and oxygen atoms in total. The van der Waals surface area contributed by atoms with E-state index in [1.165, 1.54) is 0 Å². The van der Waals surface area contributed by atoms with Crippen molar-refractivity contribution in [3.05, 3.63) is 59.4 Å². The Morgan fingerprint density at radius 1 is 1.07 bits per heavy atom. The minimum absolute atomic E-state index is 0.0919. The second kappa shape index (κ2) is 6.64. The maximum atomic E-state index is 13.0. The summed E-state index contributed by atoms with van der Waals surface area (Å²) in [6.45, 7) is 0.386. The Balaban J connectivity index is 1.61. The van der Waals surface area contributed by atoms with E-state index in [2.05, 4.69) is 15.6 Å². The Kier molecular flexibility index (Phi) is 4.15. The minimum atomic E-state index is -0.973. The number of aromatic nitrogens is 1. The first-order valence-corrected chi connectivity index (χ1v) is 8.54. The molecule has 0 radical (unpaired) electrons. The van der Waals surface area contributed by atoms with E-state index in [-0.39, 0.29) is 24.0 Å². The highest BCUT2D eigenvalue weighted by molar-refractivity contribution is 6.25. The van der Waals surface area contributed by atoms with Crippen molar-refractivity contribution in [1.82, 2.24) is 15.2 Å². The van der Waals surface area contributed by atoms with Gasteiger partial charge in [-0.3, -0.25) is 34.4 Å². The van der Waals surface area contributed by atoms with Crippen molar-refractivity contribution in [2.45, 2.75) is 25.4 Å². The molecule has 1 aromatic carbocycles. The van der Waals surface area contributed by atoms with Crippen molar-refractivity contribution in [3.8, 4) is 0 Å². The van der Waals surface area contributed by atoms with E-state index in [0.717, 1.165) is 10.6 Å². The third-order valence-electron chi connectivity index (χ3n) is 4.65. The smallest absolute Gasteiger partial charge is 0.264 e. The zero-order valence-corrected chi connectivity index (χ0v) is 14.3. The fraction of sp³-hybridized carbons (Fsp3) is 0.211. The highest BCUT2D eigenvalue weighted by Gasteiger charge is 2.45. The van der Waals surface area contributed by atoms with Crippen LogP contribution in [-0.2, 0) is 16.1 Å². The second-order valence-electron chi connectivity index (χ2n) is 6.35. The quantitative estimate of drug-likeness (QED) is 0.787. The number of hydrogen-bond donors (Lipinski definition) is 2. The van der Waals surface area contributed by atoms with Crippen LogP contribution in [0.3, 0.4) is 0 Å². The molecule has 1 unspecified atom stereocenters. The predicted molar refractivity (Wildman–Crippen MR) is 94.7 cm³/mol. The Morgan fingerprint density at radius 3 is 2.67 bits per heavy atom. The van der Waals surface area contributed by atoms with Crippen molar-refractivity contribution in [2.24, 2.45) is 0 Å². The fourth-order valence-electron chi connectivity index (χ4n) is 3.35. The first-order chi connectivity index (χ1) is 13.1. The van der Waals surface area contributed by atoms with Gasteiger partial charge in [0.25, 0.3) is 11.8 Å². The summed E-state index contributed by atoms with van der Waals surface area (Å²) in [6, 6.07) is 9.49. The SMILES string of the molecule is O=C1CCC(N2C(=O)c3cccc(NCc4ccccn4)c3C2=O)C(=O)N1. The maximum Gasteiger partial charge on any atom is 0.264 e. The molecule has 1 saturated heterocycles. The van der Waals surface area contributed by atoms with Gasteiger partial charge in [0.15, 0.2) is 0 Å². The van der Waals surface area contributed by atoms with Gasteiger partial charge in [0.1, 0.15) is 6.04 Å². The number of amides is 4. The Morgan fingerprint density at radius 2 is 1.93 bits per heavy atom. The summed E-state index contributed by atoms with van der Waals surface area (Å²) in [5.74, 6) is -2.08. The monoisotopic (exact) mass is 364 g/mol. The minimum Gasteiger partial charge on any atom is -0.379 e. The van der Waals surface area contributed by atoms with Crippen LogP contribution in [-0.4, -0.2) is 39.6 Å². The van der Waals surface area contributed by atoms with E-state index in [1.807, 2.05) is 18.2 Å². The molecule has 0 bridgehead atoms. The standard InChI is InChI=1S/C19H16N4O4/c24-15-8-7-14(17(25)22-15)23-18(26)12-5-3-6-13(16(12)19(23)27)21-10-11-4-1-2-9-20-11/h1-6,9,14,21H,7-8,10H2,(H,22,24,25). The van der Waals surface area contributed by atoms with Gasteiger partial charge in [-0.2, -0.15) is 0 Å². The van der Waals surface area contributed by atoms with Crippen molar-refractivity contribution in [2.75, 3.05) is 5.32 Å². The van der Waals surface area contributed by atoms with Crippen LogP contribution in [0.4, 0.5) is 5.69 Å². The molecule has 4 rings (SSSR count). The van der Waals surface area contributed by atoms with Gasteiger partial charge < -0.3 is 5.32 Å². The number of rotatable bonds is 4. The molecular weight excluding hydrogens is 348 g/mol. The zero-order valence-electron chi connectivity index (χ0n) is 14.3. The molecule has 2 aliphatic heterocycles. The molecule has 27 heavy (non-hydrogen) atoms. The Labute approximate surface area is 154 Å². The van der Waals surface area contributed by atoms with Gasteiger partial charge in [0.05, 0.1) is 23.4 Å². The number of piperidine rings is 1. The Hall–Kier alpha value is -3.55. The summed E-state index contributed by atoms with van der Waals surface area (Å²) in [7, 11) is 0. The summed E-state index contributed by atoms with van der Waals surface area (Å²) in [5, 5.41) is 5.32. The summed E-state index contributed by atoms with van der Waals surface area (Å²) >= 11 is 0. The number of imide groups is 2. The molecule has 1 fully saturated rings. The average Bonchev–Trinajstić information content (AvgIpc) is 2.93. The number of benzene rings is 1. The lowest BCUT2D eigenvalue weighted by molar-refractivity contribution is -0.136. The first-order valence-electron chi connectivity index (χ1n) is 8.54. The molecule has 2 aromatic rings. The summed E-state index contributed by atoms with van der Waals surface area (Å²) in [4.78, 5) is 54.4.